The van der Waals surface area contributed by atoms with Gasteiger partial charge in [-0.15, -0.1) is 0 Å². The van der Waals surface area contributed by atoms with Crippen LogP contribution in [0.1, 0.15) is 47.5 Å². The van der Waals surface area contributed by atoms with Gasteiger partial charge in [0, 0.05) is 5.92 Å². The number of carbonyl (C=O) groups is 2. The quantitative estimate of drug-likeness (QED) is 0.763. The van der Waals surface area contributed by atoms with E-state index in [1.165, 1.54) is 0 Å². The molecule has 0 aromatic carbocycles. The van der Waals surface area contributed by atoms with E-state index in [1.54, 1.807) is 0 Å². The Kier molecular flexibility index (Phi) is 3.55. The summed E-state index contributed by atoms with van der Waals surface area (Å²) in [6, 6.07) is -0.528. The molecule has 1 atom stereocenters. The van der Waals surface area contributed by atoms with Gasteiger partial charge in [0.25, 0.3) is 0 Å². The third kappa shape index (κ3) is 2.31. The van der Waals surface area contributed by atoms with Gasteiger partial charge in [0.2, 0.25) is 11.8 Å². The number of rotatable bonds is 5. The molecular weight excluding hydrogens is 216 g/mol. The van der Waals surface area contributed by atoms with Gasteiger partial charge in [0.05, 0.1) is 0 Å². The first-order chi connectivity index (χ1) is 7.66. The molecule has 4 nitrogen and oxygen atoms in total. The van der Waals surface area contributed by atoms with Crippen molar-refractivity contribution in [2.75, 3.05) is 0 Å². The van der Waals surface area contributed by atoms with Gasteiger partial charge in [-0.25, -0.2) is 0 Å². The highest BCUT2D eigenvalue weighted by Crippen LogP contribution is 2.68. The molecular formula is C13H24N2O2. The molecule has 17 heavy (non-hydrogen) atoms. The third-order valence-corrected chi connectivity index (χ3v) is 4.52. The number of nitrogens with two attached hydrogens (primary N) is 1. The minimum Gasteiger partial charge on any atom is -0.368 e. The second kappa shape index (κ2) is 4.31. The second-order valence-corrected chi connectivity index (χ2v) is 6.13. The van der Waals surface area contributed by atoms with Crippen LogP contribution in [0.25, 0.3) is 0 Å². The number of hydrogen-bond acceptors (Lipinski definition) is 2. The monoisotopic (exact) mass is 240 g/mol. The molecule has 98 valence electrons. The summed E-state index contributed by atoms with van der Waals surface area (Å²) in [5.41, 5.74) is 5.26. The summed E-state index contributed by atoms with van der Waals surface area (Å²) in [6.07, 6.45) is 1.43. The molecule has 0 bridgehead atoms. The summed E-state index contributed by atoms with van der Waals surface area (Å²) >= 11 is 0. The van der Waals surface area contributed by atoms with Gasteiger partial charge < -0.3 is 11.1 Å². The van der Waals surface area contributed by atoms with Crippen molar-refractivity contribution in [2.24, 2.45) is 22.5 Å². The summed E-state index contributed by atoms with van der Waals surface area (Å²) in [7, 11) is 0. The standard InChI is InChI=1S/C13H24N2O2/c1-6-7-8(10(14)16)15-11(17)9-12(2,3)13(9,4)5/h8-9H,6-7H2,1-5H3,(H2,14,16)(H,15,17). The van der Waals surface area contributed by atoms with Crippen molar-refractivity contribution in [2.45, 2.75) is 53.5 Å². The van der Waals surface area contributed by atoms with Gasteiger partial charge >= 0.3 is 0 Å². The summed E-state index contributed by atoms with van der Waals surface area (Å²) in [5, 5.41) is 2.78. The lowest BCUT2D eigenvalue weighted by molar-refractivity contribution is -0.129. The van der Waals surface area contributed by atoms with Gasteiger partial charge in [-0.3, -0.25) is 9.59 Å². The van der Waals surface area contributed by atoms with Crippen LogP contribution in [-0.4, -0.2) is 17.9 Å². The lowest BCUT2D eigenvalue weighted by Crippen LogP contribution is -2.45. The summed E-state index contributed by atoms with van der Waals surface area (Å²) < 4.78 is 0. The predicted octanol–water partition coefficient (Wildman–Crippen LogP) is 1.44. The largest absolute Gasteiger partial charge is 0.368 e. The van der Waals surface area contributed by atoms with E-state index in [0.29, 0.717) is 6.42 Å². The highest BCUT2D eigenvalue weighted by Gasteiger charge is 2.68. The molecule has 1 saturated carbocycles. The van der Waals surface area contributed by atoms with Crippen LogP contribution in [-0.2, 0) is 9.59 Å². The molecule has 0 aromatic heterocycles. The zero-order chi connectivity index (χ0) is 13.4. The van der Waals surface area contributed by atoms with Crippen LogP contribution < -0.4 is 11.1 Å². The zero-order valence-corrected chi connectivity index (χ0v) is 11.5. The number of amides is 2. The fourth-order valence-corrected chi connectivity index (χ4v) is 2.68. The van der Waals surface area contributed by atoms with Crippen molar-refractivity contribution in [3.63, 3.8) is 0 Å². The Labute approximate surface area is 103 Å². The average Bonchev–Trinajstić information content (AvgIpc) is 2.56. The molecule has 1 aliphatic carbocycles. The van der Waals surface area contributed by atoms with Crippen LogP contribution in [0.3, 0.4) is 0 Å². The number of hydrogen-bond donors (Lipinski definition) is 2. The molecule has 0 spiro atoms. The maximum Gasteiger partial charge on any atom is 0.239 e. The molecule has 2 amide bonds. The molecule has 1 fully saturated rings. The Bertz CT molecular complexity index is 320. The van der Waals surface area contributed by atoms with E-state index in [9.17, 15) is 9.59 Å². The highest BCUT2D eigenvalue weighted by atomic mass is 16.2. The normalized spacial score (nSPS) is 22.9. The Morgan fingerprint density at radius 3 is 2.00 bits per heavy atom. The first kappa shape index (κ1) is 14.0. The van der Waals surface area contributed by atoms with Crippen molar-refractivity contribution in [1.29, 1.82) is 0 Å². The highest BCUT2D eigenvalue weighted by molar-refractivity contribution is 5.90. The Morgan fingerprint density at radius 1 is 1.24 bits per heavy atom. The number of carbonyl (C=O) groups excluding carboxylic acids is 2. The van der Waals surface area contributed by atoms with E-state index >= 15 is 0 Å². The lowest BCUT2D eigenvalue weighted by atomic mass is 10.0. The Morgan fingerprint density at radius 2 is 1.71 bits per heavy atom. The number of primary amides is 1. The molecule has 0 radical (unpaired) electrons. The van der Waals surface area contributed by atoms with Crippen LogP contribution in [0.4, 0.5) is 0 Å². The molecule has 1 aliphatic rings. The van der Waals surface area contributed by atoms with Crippen LogP contribution in [0, 0.1) is 16.7 Å². The molecule has 0 saturated heterocycles. The van der Waals surface area contributed by atoms with Gasteiger partial charge in [-0.1, -0.05) is 41.0 Å². The van der Waals surface area contributed by atoms with Gasteiger partial charge in [-0.2, -0.15) is 0 Å². The van der Waals surface area contributed by atoms with Crippen LogP contribution in [0.15, 0.2) is 0 Å². The van der Waals surface area contributed by atoms with E-state index in [4.69, 9.17) is 5.73 Å². The molecule has 0 aliphatic heterocycles. The summed E-state index contributed by atoms with van der Waals surface area (Å²) in [4.78, 5) is 23.3. The lowest BCUT2D eigenvalue weighted by Gasteiger charge is -2.15. The molecule has 0 heterocycles. The van der Waals surface area contributed by atoms with Crippen LogP contribution in [0.2, 0.25) is 0 Å². The van der Waals surface area contributed by atoms with E-state index in [2.05, 4.69) is 33.0 Å². The molecule has 4 heteroatoms. The van der Waals surface area contributed by atoms with Crippen LogP contribution >= 0.6 is 0 Å². The molecule has 3 N–H and O–H groups in total. The second-order valence-electron chi connectivity index (χ2n) is 6.13. The minimum atomic E-state index is -0.528. The summed E-state index contributed by atoms with van der Waals surface area (Å²) in [5.74, 6) is -0.526. The minimum absolute atomic E-state index is 0.00844. The topological polar surface area (TPSA) is 72.2 Å². The van der Waals surface area contributed by atoms with Crippen molar-refractivity contribution in [1.82, 2.24) is 5.32 Å². The average molecular weight is 240 g/mol. The van der Waals surface area contributed by atoms with Gasteiger partial charge in [0.15, 0.2) is 0 Å². The SMILES string of the molecule is CCCC(NC(=O)C1C(C)(C)C1(C)C)C(N)=O. The third-order valence-electron chi connectivity index (χ3n) is 4.52. The fourth-order valence-electron chi connectivity index (χ4n) is 2.68. The van der Waals surface area contributed by atoms with E-state index in [-0.39, 0.29) is 22.7 Å². The van der Waals surface area contributed by atoms with E-state index in [0.717, 1.165) is 6.42 Å². The van der Waals surface area contributed by atoms with Crippen molar-refractivity contribution >= 4 is 11.8 Å². The van der Waals surface area contributed by atoms with Crippen LogP contribution in [0.5, 0.6) is 0 Å². The number of nitrogens with one attached hydrogen (secondary N) is 1. The fraction of sp³-hybridized carbons (Fsp3) is 0.846. The van der Waals surface area contributed by atoms with E-state index < -0.39 is 11.9 Å². The van der Waals surface area contributed by atoms with Gasteiger partial charge in [-0.05, 0) is 17.3 Å². The molecule has 0 aromatic rings. The smallest absolute Gasteiger partial charge is 0.239 e. The Balaban J connectivity index is 2.65. The van der Waals surface area contributed by atoms with Crippen molar-refractivity contribution in [3.8, 4) is 0 Å². The zero-order valence-electron chi connectivity index (χ0n) is 11.5. The molecule has 1 rings (SSSR count). The maximum atomic E-state index is 12.1. The Hall–Kier alpha value is -1.06. The van der Waals surface area contributed by atoms with Crippen molar-refractivity contribution < 1.29 is 9.59 Å². The van der Waals surface area contributed by atoms with Gasteiger partial charge in [0.1, 0.15) is 6.04 Å². The maximum absolute atomic E-state index is 12.1. The molecule has 1 unspecified atom stereocenters. The summed E-state index contributed by atoms with van der Waals surface area (Å²) in [6.45, 7) is 10.3. The predicted molar refractivity (Wildman–Crippen MR) is 67.1 cm³/mol. The van der Waals surface area contributed by atoms with E-state index in [1.807, 2.05) is 6.92 Å². The first-order valence-electron chi connectivity index (χ1n) is 6.26. The first-order valence-corrected chi connectivity index (χ1v) is 6.26. The van der Waals surface area contributed by atoms with Crippen molar-refractivity contribution in [3.05, 3.63) is 0 Å².